The Hall–Kier alpha value is -7.63. The van der Waals surface area contributed by atoms with Gasteiger partial charge in [0.2, 0.25) is 0 Å². The van der Waals surface area contributed by atoms with Crippen LogP contribution in [0.15, 0.2) is 199 Å². The molecule has 0 atom stereocenters. The highest BCUT2D eigenvalue weighted by molar-refractivity contribution is 6.16. The summed E-state index contributed by atoms with van der Waals surface area (Å²) in [6.07, 6.45) is 0. The molecule has 0 bridgehead atoms. The average Bonchev–Trinajstić information content (AvgIpc) is 3.83. The number of hydrogen-bond donors (Lipinski definition) is 0. The molecule has 5 heteroatoms. The fourth-order valence-electron chi connectivity index (χ4n) is 8.02. The largest absolute Gasteiger partial charge is 0.454 e. The van der Waals surface area contributed by atoms with Crippen molar-refractivity contribution in [2.75, 3.05) is 0 Å². The zero-order valence-corrected chi connectivity index (χ0v) is 30.2. The molecule has 0 spiro atoms. The van der Waals surface area contributed by atoms with E-state index in [1.807, 2.05) is 72.8 Å². The van der Waals surface area contributed by atoms with Gasteiger partial charge in [0, 0.05) is 38.2 Å². The predicted octanol–water partition coefficient (Wildman–Crippen LogP) is 13.2. The van der Waals surface area contributed by atoms with Crippen LogP contribution in [0.1, 0.15) is 0 Å². The summed E-state index contributed by atoms with van der Waals surface area (Å²) in [4.78, 5) is 15.1. The van der Waals surface area contributed by atoms with Crippen LogP contribution in [0.4, 0.5) is 0 Å². The monoisotopic (exact) mass is 716 g/mol. The summed E-state index contributed by atoms with van der Waals surface area (Å²) in [7, 11) is 0. The standard InChI is InChI=1S/C51H32N4O/c1-5-15-33(16-6-1)37-27-29-39-40-30-28-38(34-17-7-2-8-18-34)32-45(40)55(44(39)31-37)43-25-13-23-41-47-42(24-14-26-46(47)56-48(41)43)51-53-49(35-19-9-3-10-20-35)52-50(54-51)36-21-11-4-12-22-36/h1-32H. The van der Waals surface area contributed by atoms with E-state index >= 15 is 0 Å². The van der Waals surface area contributed by atoms with E-state index in [2.05, 4.69) is 126 Å². The van der Waals surface area contributed by atoms with Crippen molar-refractivity contribution in [1.29, 1.82) is 0 Å². The Balaban J connectivity index is 1.18. The molecule has 0 fully saturated rings. The maximum atomic E-state index is 6.93. The van der Waals surface area contributed by atoms with Crippen LogP contribution in [0, 0.1) is 0 Å². The summed E-state index contributed by atoms with van der Waals surface area (Å²) >= 11 is 0. The molecule has 0 saturated carbocycles. The van der Waals surface area contributed by atoms with Gasteiger partial charge in [-0.2, -0.15) is 0 Å². The Morgan fingerprint density at radius 1 is 0.357 bits per heavy atom. The number of furan rings is 1. The molecule has 8 aromatic carbocycles. The van der Waals surface area contributed by atoms with Crippen LogP contribution >= 0.6 is 0 Å². The van der Waals surface area contributed by atoms with Crippen molar-refractivity contribution in [3.8, 4) is 62.1 Å². The van der Waals surface area contributed by atoms with Gasteiger partial charge in [-0.05, 0) is 46.5 Å². The van der Waals surface area contributed by atoms with E-state index in [1.165, 1.54) is 21.9 Å². The molecule has 11 rings (SSSR count). The van der Waals surface area contributed by atoms with Crippen LogP contribution in [0.2, 0.25) is 0 Å². The Morgan fingerprint density at radius 2 is 0.839 bits per heavy atom. The fourth-order valence-corrected chi connectivity index (χ4v) is 8.02. The number of aromatic nitrogens is 4. The Labute approximate surface area is 322 Å². The molecular weight excluding hydrogens is 685 g/mol. The minimum atomic E-state index is 0.591. The van der Waals surface area contributed by atoms with Crippen molar-refractivity contribution in [2.45, 2.75) is 0 Å². The minimum absolute atomic E-state index is 0.591. The first-order valence-electron chi connectivity index (χ1n) is 18.8. The molecule has 5 nitrogen and oxygen atoms in total. The van der Waals surface area contributed by atoms with Crippen molar-refractivity contribution >= 4 is 43.7 Å². The van der Waals surface area contributed by atoms with Gasteiger partial charge in [0.1, 0.15) is 5.58 Å². The van der Waals surface area contributed by atoms with E-state index in [9.17, 15) is 0 Å². The third-order valence-corrected chi connectivity index (χ3v) is 10.7. The lowest BCUT2D eigenvalue weighted by molar-refractivity contribution is 0.666. The van der Waals surface area contributed by atoms with Gasteiger partial charge in [-0.25, -0.2) is 15.0 Å². The lowest BCUT2D eigenvalue weighted by Gasteiger charge is -2.11. The number of fused-ring (bicyclic) bond motifs is 6. The summed E-state index contributed by atoms with van der Waals surface area (Å²) in [6.45, 7) is 0. The third kappa shape index (κ3) is 5.29. The molecule has 0 amide bonds. The van der Waals surface area contributed by atoms with Crippen LogP contribution in [-0.4, -0.2) is 19.5 Å². The summed E-state index contributed by atoms with van der Waals surface area (Å²) in [5.74, 6) is 1.83. The molecular formula is C51H32N4O. The average molecular weight is 717 g/mol. The normalized spacial score (nSPS) is 11.6. The van der Waals surface area contributed by atoms with Crippen molar-refractivity contribution < 1.29 is 4.42 Å². The second-order valence-electron chi connectivity index (χ2n) is 14.0. The quantitative estimate of drug-likeness (QED) is 0.172. The second kappa shape index (κ2) is 13.0. The molecule has 0 aliphatic rings. The zero-order chi connectivity index (χ0) is 37.0. The summed E-state index contributed by atoms with van der Waals surface area (Å²) in [5.41, 5.74) is 12.1. The van der Waals surface area contributed by atoms with Crippen LogP contribution in [-0.2, 0) is 0 Å². The van der Waals surface area contributed by atoms with E-state index in [4.69, 9.17) is 19.4 Å². The van der Waals surface area contributed by atoms with Gasteiger partial charge >= 0.3 is 0 Å². The van der Waals surface area contributed by atoms with E-state index < -0.39 is 0 Å². The van der Waals surface area contributed by atoms with Crippen LogP contribution < -0.4 is 0 Å². The van der Waals surface area contributed by atoms with E-state index in [0.29, 0.717) is 17.5 Å². The topological polar surface area (TPSA) is 56.7 Å². The van der Waals surface area contributed by atoms with Crippen molar-refractivity contribution in [3.05, 3.63) is 194 Å². The molecule has 3 aromatic heterocycles. The Bertz CT molecular complexity index is 3070. The maximum absolute atomic E-state index is 6.93. The molecule has 0 unspecified atom stereocenters. The van der Waals surface area contributed by atoms with Crippen molar-refractivity contribution in [2.24, 2.45) is 0 Å². The highest BCUT2D eigenvalue weighted by Gasteiger charge is 2.22. The second-order valence-corrected chi connectivity index (χ2v) is 14.0. The lowest BCUT2D eigenvalue weighted by atomic mass is 10.0. The molecule has 0 saturated heterocycles. The van der Waals surface area contributed by atoms with Crippen LogP contribution in [0.25, 0.3) is 106 Å². The molecule has 11 aromatic rings. The number of nitrogens with zero attached hydrogens (tertiary/aromatic N) is 4. The number of hydrogen-bond acceptors (Lipinski definition) is 4. The number of para-hydroxylation sites is 1. The Morgan fingerprint density at radius 3 is 1.38 bits per heavy atom. The molecule has 3 heterocycles. The number of rotatable bonds is 6. The highest BCUT2D eigenvalue weighted by Crippen LogP contribution is 2.42. The Kier molecular flexibility index (Phi) is 7.42. The summed E-state index contributed by atoms with van der Waals surface area (Å²) in [6, 6.07) is 67.4. The molecule has 262 valence electrons. The van der Waals surface area contributed by atoms with Crippen molar-refractivity contribution in [3.63, 3.8) is 0 Å². The molecule has 56 heavy (non-hydrogen) atoms. The lowest BCUT2D eigenvalue weighted by Crippen LogP contribution is -2.00. The predicted molar refractivity (Wildman–Crippen MR) is 229 cm³/mol. The highest BCUT2D eigenvalue weighted by atomic mass is 16.3. The first-order chi connectivity index (χ1) is 27.8. The summed E-state index contributed by atoms with van der Waals surface area (Å²) in [5, 5.41) is 4.31. The van der Waals surface area contributed by atoms with Gasteiger partial charge in [-0.15, -0.1) is 0 Å². The van der Waals surface area contributed by atoms with Crippen LogP contribution in [0.5, 0.6) is 0 Å². The summed E-state index contributed by atoms with van der Waals surface area (Å²) < 4.78 is 9.31. The van der Waals surface area contributed by atoms with Gasteiger partial charge in [0.25, 0.3) is 0 Å². The third-order valence-electron chi connectivity index (χ3n) is 10.7. The van der Waals surface area contributed by atoms with E-state index in [1.54, 1.807) is 0 Å². The maximum Gasteiger partial charge on any atom is 0.164 e. The number of benzene rings is 8. The first kappa shape index (κ1) is 31.9. The fraction of sp³-hybridized carbons (Fsp3) is 0. The minimum Gasteiger partial charge on any atom is -0.454 e. The van der Waals surface area contributed by atoms with E-state index in [-0.39, 0.29) is 0 Å². The van der Waals surface area contributed by atoms with Gasteiger partial charge < -0.3 is 8.98 Å². The SMILES string of the molecule is c1ccc(-c2ccc3c4ccc(-c5ccccc5)cc4n(-c4cccc5c4oc4cccc(-c6nc(-c7ccccc7)nc(-c7ccccc7)n6)c45)c3c2)cc1. The van der Waals surface area contributed by atoms with Gasteiger partial charge in [0.05, 0.1) is 16.7 Å². The molecule has 0 radical (unpaired) electrons. The van der Waals surface area contributed by atoms with E-state index in [0.717, 1.165) is 66.5 Å². The smallest absolute Gasteiger partial charge is 0.164 e. The van der Waals surface area contributed by atoms with Gasteiger partial charge in [-0.3, -0.25) is 0 Å². The van der Waals surface area contributed by atoms with Crippen molar-refractivity contribution in [1.82, 2.24) is 19.5 Å². The van der Waals surface area contributed by atoms with Gasteiger partial charge in [0.15, 0.2) is 23.1 Å². The zero-order valence-electron chi connectivity index (χ0n) is 30.2. The van der Waals surface area contributed by atoms with Gasteiger partial charge in [-0.1, -0.05) is 170 Å². The van der Waals surface area contributed by atoms with Crippen LogP contribution in [0.3, 0.4) is 0 Å². The molecule has 0 aliphatic carbocycles. The first-order valence-corrected chi connectivity index (χ1v) is 18.8. The molecule has 0 aliphatic heterocycles. The molecule has 0 N–H and O–H groups in total.